The number of anilines is 4. The molecule has 4 rings (SSSR count). The zero-order valence-electron chi connectivity index (χ0n) is 17.3. The number of aromatic nitrogens is 3. The highest BCUT2D eigenvalue weighted by atomic mass is 19.1. The number of primary amides is 1. The summed E-state index contributed by atoms with van der Waals surface area (Å²) in [6.45, 7) is 1.20. The van der Waals surface area contributed by atoms with Crippen LogP contribution in [0.3, 0.4) is 0 Å². The summed E-state index contributed by atoms with van der Waals surface area (Å²) in [5.41, 5.74) is 8.27. The van der Waals surface area contributed by atoms with Crippen molar-refractivity contribution in [3.8, 4) is 5.75 Å². The number of amides is 1. The van der Waals surface area contributed by atoms with Gasteiger partial charge in [0.05, 0.1) is 25.1 Å². The van der Waals surface area contributed by atoms with Crippen LogP contribution in [0.25, 0.3) is 0 Å². The number of para-hydroxylation sites is 1. The van der Waals surface area contributed by atoms with E-state index in [0.29, 0.717) is 11.4 Å². The van der Waals surface area contributed by atoms with Crippen molar-refractivity contribution in [2.45, 2.75) is 19.6 Å². The molecule has 166 valence electrons. The van der Waals surface area contributed by atoms with Crippen LogP contribution in [0.5, 0.6) is 5.75 Å². The van der Waals surface area contributed by atoms with Crippen LogP contribution in [0.2, 0.25) is 0 Å². The molecule has 11 heteroatoms. The smallest absolute Gasteiger partial charge is 0.273 e. The fourth-order valence-electron chi connectivity index (χ4n) is 3.49. The Morgan fingerprint density at radius 1 is 1.28 bits per heavy atom. The number of aliphatic hydroxyl groups is 1. The Morgan fingerprint density at radius 2 is 2.12 bits per heavy atom. The van der Waals surface area contributed by atoms with Gasteiger partial charge in [0.2, 0.25) is 5.95 Å². The fraction of sp³-hybridized carbons (Fsp3) is 0.238. The van der Waals surface area contributed by atoms with Crippen molar-refractivity contribution in [3.05, 3.63) is 58.5 Å². The first-order valence-electron chi connectivity index (χ1n) is 9.87. The molecule has 1 amide bonds. The van der Waals surface area contributed by atoms with E-state index in [2.05, 4.69) is 31.1 Å². The number of methoxy groups -OCH3 is 1. The average molecular weight is 439 g/mol. The largest absolute Gasteiger partial charge is 0.495 e. The van der Waals surface area contributed by atoms with Gasteiger partial charge in [-0.1, -0.05) is 12.1 Å². The minimum Gasteiger partial charge on any atom is -0.495 e. The Hall–Kier alpha value is -3.83. The molecule has 6 N–H and O–H groups in total. The van der Waals surface area contributed by atoms with Crippen molar-refractivity contribution in [1.29, 1.82) is 0 Å². The van der Waals surface area contributed by atoms with E-state index >= 15 is 0 Å². The van der Waals surface area contributed by atoms with Gasteiger partial charge in [-0.15, -0.1) is 10.2 Å². The van der Waals surface area contributed by atoms with Gasteiger partial charge in [-0.25, -0.2) is 4.39 Å². The first kappa shape index (κ1) is 21.4. The highest BCUT2D eigenvalue weighted by Gasteiger charge is 2.19. The van der Waals surface area contributed by atoms with E-state index in [0.717, 1.165) is 30.6 Å². The van der Waals surface area contributed by atoms with Crippen molar-refractivity contribution < 1.29 is 19.0 Å². The molecular weight excluding hydrogens is 417 g/mol. The van der Waals surface area contributed by atoms with Gasteiger partial charge in [-0.2, -0.15) is 4.98 Å². The topological polar surface area (TPSA) is 147 Å². The number of ether oxygens (including phenoxy) is 1. The summed E-state index contributed by atoms with van der Waals surface area (Å²) in [6.07, 6.45) is 0.859. The summed E-state index contributed by atoms with van der Waals surface area (Å²) >= 11 is 0. The molecule has 0 aliphatic carbocycles. The Kier molecular flexibility index (Phi) is 6.10. The summed E-state index contributed by atoms with van der Waals surface area (Å²) in [5, 5.41) is 26.4. The SMILES string of the molecule is COc1cc2c(cc1Nc1nnc(C(N)=O)c(Nc3c(F)cccc3CO)n1)CCNC2. The van der Waals surface area contributed by atoms with Crippen LogP contribution in [0, 0.1) is 5.82 Å². The van der Waals surface area contributed by atoms with Crippen LogP contribution in [0.4, 0.5) is 27.5 Å². The van der Waals surface area contributed by atoms with Gasteiger partial charge < -0.3 is 31.5 Å². The van der Waals surface area contributed by atoms with E-state index in [1.54, 1.807) is 7.11 Å². The van der Waals surface area contributed by atoms with E-state index in [1.165, 1.54) is 18.2 Å². The Balaban J connectivity index is 1.71. The second-order valence-corrected chi connectivity index (χ2v) is 7.13. The number of nitrogens with one attached hydrogen (secondary N) is 3. The van der Waals surface area contributed by atoms with Gasteiger partial charge in [0.25, 0.3) is 5.91 Å². The van der Waals surface area contributed by atoms with Crippen LogP contribution in [0.15, 0.2) is 30.3 Å². The molecule has 0 radical (unpaired) electrons. The van der Waals surface area contributed by atoms with Crippen molar-refractivity contribution in [3.63, 3.8) is 0 Å². The van der Waals surface area contributed by atoms with E-state index in [-0.39, 0.29) is 28.7 Å². The second-order valence-electron chi connectivity index (χ2n) is 7.13. The zero-order chi connectivity index (χ0) is 22.7. The molecule has 3 aromatic rings. The number of nitrogens with zero attached hydrogens (tertiary/aromatic N) is 3. The predicted octanol–water partition coefficient (Wildman–Crippen LogP) is 1.74. The van der Waals surface area contributed by atoms with Crippen molar-refractivity contribution in [2.24, 2.45) is 5.73 Å². The van der Waals surface area contributed by atoms with Gasteiger partial charge in [-0.3, -0.25) is 4.79 Å². The zero-order valence-corrected chi connectivity index (χ0v) is 17.3. The maximum Gasteiger partial charge on any atom is 0.273 e. The molecule has 0 atom stereocenters. The highest BCUT2D eigenvalue weighted by molar-refractivity contribution is 5.96. The van der Waals surface area contributed by atoms with Crippen molar-refractivity contribution in [2.75, 3.05) is 24.3 Å². The Labute approximate surface area is 183 Å². The number of aliphatic hydroxyl groups excluding tert-OH is 1. The molecule has 2 aromatic carbocycles. The molecule has 1 aromatic heterocycles. The van der Waals surface area contributed by atoms with Gasteiger partial charge in [0, 0.05) is 12.1 Å². The molecule has 0 saturated carbocycles. The second kappa shape index (κ2) is 9.12. The lowest BCUT2D eigenvalue weighted by Crippen LogP contribution is -2.23. The normalized spacial score (nSPS) is 12.7. The Morgan fingerprint density at radius 3 is 2.88 bits per heavy atom. The number of halogens is 1. The predicted molar refractivity (Wildman–Crippen MR) is 116 cm³/mol. The summed E-state index contributed by atoms with van der Waals surface area (Å²) in [7, 11) is 1.56. The molecule has 0 saturated heterocycles. The summed E-state index contributed by atoms with van der Waals surface area (Å²) in [6, 6.07) is 8.10. The monoisotopic (exact) mass is 439 g/mol. The van der Waals surface area contributed by atoms with Crippen LogP contribution < -0.4 is 26.4 Å². The third-order valence-electron chi connectivity index (χ3n) is 5.09. The third kappa shape index (κ3) is 4.29. The average Bonchev–Trinajstić information content (AvgIpc) is 2.80. The quantitative estimate of drug-likeness (QED) is 0.371. The molecule has 1 aliphatic heterocycles. The summed E-state index contributed by atoms with van der Waals surface area (Å²) < 4.78 is 19.9. The number of fused-ring (bicyclic) bond motifs is 1. The molecule has 0 spiro atoms. The number of nitrogens with two attached hydrogens (primary N) is 1. The molecule has 0 bridgehead atoms. The molecule has 0 unspecified atom stereocenters. The first-order chi connectivity index (χ1) is 15.5. The summed E-state index contributed by atoms with van der Waals surface area (Å²) in [4.78, 5) is 16.1. The van der Waals surface area contributed by atoms with Gasteiger partial charge >= 0.3 is 0 Å². The molecular formula is C21H22FN7O3. The van der Waals surface area contributed by atoms with Crippen LogP contribution in [-0.4, -0.2) is 39.8 Å². The molecule has 10 nitrogen and oxygen atoms in total. The van der Waals surface area contributed by atoms with E-state index in [9.17, 15) is 14.3 Å². The van der Waals surface area contributed by atoms with Crippen molar-refractivity contribution >= 4 is 29.0 Å². The molecule has 1 aliphatic rings. The van der Waals surface area contributed by atoms with Crippen LogP contribution in [0.1, 0.15) is 27.2 Å². The van der Waals surface area contributed by atoms with Gasteiger partial charge in [-0.05, 0) is 42.3 Å². The lowest BCUT2D eigenvalue weighted by atomic mass is 10.00. The van der Waals surface area contributed by atoms with Crippen LogP contribution >= 0.6 is 0 Å². The van der Waals surface area contributed by atoms with E-state index in [4.69, 9.17) is 10.5 Å². The minimum atomic E-state index is -0.889. The van der Waals surface area contributed by atoms with Crippen molar-refractivity contribution in [1.82, 2.24) is 20.5 Å². The van der Waals surface area contributed by atoms with E-state index < -0.39 is 18.3 Å². The maximum absolute atomic E-state index is 14.4. The fourth-order valence-corrected chi connectivity index (χ4v) is 3.49. The number of rotatable bonds is 7. The lowest BCUT2D eigenvalue weighted by Gasteiger charge is -2.20. The standard InChI is InChI=1S/C21H22FN7O3/c1-32-16-8-13-9-24-6-5-11(13)7-15(16)25-21-27-20(18(19(23)31)28-29-21)26-17-12(10-30)3-2-4-14(17)22/h2-4,7-8,24,30H,5-6,9-10H2,1H3,(H2,23,31)(H2,25,26,27,29). The van der Waals surface area contributed by atoms with Gasteiger partial charge in [0.1, 0.15) is 11.6 Å². The number of hydrogen-bond acceptors (Lipinski definition) is 9. The first-order valence-corrected chi connectivity index (χ1v) is 9.87. The summed E-state index contributed by atoms with van der Waals surface area (Å²) in [5.74, 6) is -0.992. The Bertz CT molecular complexity index is 1170. The number of hydrogen-bond donors (Lipinski definition) is 5. The molecule has 32 heavy (non-hydrogen) atoms. The number of benzene rings is 2. The minimum absolute atomic E-state index is 0.0391. The maximum atomic E-state index is 14.4. The van der Waals surface area contributed by atoms with Crippen LogP contribution in [-0.2, 0) is 19.6 Å². The molecule has 0 fully saturated rings. The van der Waals surface area contributed by atoms with E-state index in [1.807, 2.05) is 12.1 Å². The lowest BCUT2D eigenvalue weighted by molar-refractivity contribution is 0.0995. The third-order valence-corrected chi connectivity index (χ3v) is 5.09. The highest BCUT2D eigenvalue weighted by Crippen LogP contribution is 2.32. The number of carbonyl (C=O) groups excluding carboxylic acids is 1. The van der Waals surface area contributed by atoms with Gasteiger partial charge in [0.15, 0.2) is 11.5 Å². The molecule has 2 heterocycles. The number of carbonyl (C=O) groups is 1.